The van der Waals surface area contributed by atoms with Crippen LogP contribution in [0.5, 0.6) is 0 Å². The normalized spacial score (nSPS) is 52.5. The van der Waals surface area contributed by atoms with Gasteiger partial charge < -0.3 is 10.1 Å². The van der Waals surface area contributed by atoms with Crippen LogP contribution in [0.15, 0.2) is 0 Å². The van der Waals surface area contributed by atoms with E-state index in [1.54, 1.807) is 0 Å². The van der Waals surface area contributed by atoms with Gasteiger partial charge in [0.15, 0.2) is 0 Å². The van der Waals surface area contributed by atoms with Crippen molar-refractivity contribution in [2.24, 2.45) is 5.92 Å². The zero-order valence-corrected chi connectivity index (χ0v) is 19.6. The highest BCUT2D eigenvalue weighted by atomic mass is 19.1. The van der Waals surface area contributed by atoms with Gasteiger partial charge in [0.1, 0.15) is 6.17 Å². The maximum Gasteiger partial charge on any atom is 0.102 e. The fourth-order valence-corrected chi connectivity index (χ4v) is 7.83. The summed E-state index contributed by atoms with van der Waals surface area (Å²) in [6.45, 7) is 8.39. The molecule has 1 aliphatic carbocycles. The second-order valence-electron chi connectivity index (χ2n) is 11.4. The third kappa shape index (κ3) is 4.49. The van der Waals surface area contributed by atoms with Gasteiger partial charge >= 0.3 is 0 Å². The van der Waals surface area contributed by atoms with Crippen LogP contribution in [-0.2, 0) is 4.74 Å². The number of ether oxygens (including phenoxy) is 1. The lowest BCUT2D eigenvalue weighted by Crippen LogP contribution is -2.61. The summed E-state index contributed by atoms with van der Waals surface area (Å²) >= 11 is 0. The summed E-state index contributed by atoms with van der Waals surface area (Å²) in [7, 11) is 0. The van der Waals surface area contributed by atoms with E-state index >= 15 is 0 Å². The number of nitrogens with one attached hydrogen (secondary N) is 4. The molecule has 7 nitrogen and oxygen atoms in total. The average Bonchev–Trinajstić information content (AvgIpc) is 3.24. The molecule has 1 saturated carbocycles. The Morgan fingerprint density at radius 1 is 0.906 bits per heavy atom. The number of piperidine rings is 1. The van der Waals surface area contributed by atoms with Crippen LogP contribution in [0.25, 0.3) is 0 Å². The fourth-order valence-electron chi connectivity index (χ4n) is 7.83. The van der Waals surface area contributed by atoms with Gasteiger partial charge in [0.2, 0.25) is 0 Å². The van der Waals surface area contributed by atoms with Gasteiger partial charge in [-0.3, -0.25) is 25.8 Å². The van der Waals surface area contributed by atoms with Gasteiger partial charge in [0.05, 0.1) is 18.4 Å². The van der Waals surface area contributed by atoms with E-state index in [-0.39, 0.29) is 18.3 Å². The van der Waals surface area contributed by atoms with Gasteiger partial charge in [0, 0.05) is 69.5 Å². The van der Waals surface area contributed by atoms with Gasteiger partial charge in [0.25, 0.3) is 0 Å². The molecule has 9 unspecified atom stereocenters. The lowest BCUT2D eigenvalue weighted by Gasteiger charge is -2.47. The number of halogens is 1. The molecule has 0 aromatic rings. The molecule has 6 bridgehead atoms. The van der Waals surface area contributed by atoms with Crippen molar-refractivity contribution in [2.45, 2.75) is 107 Å². The first kappa shape index (κ1) is 22.1. The molecule has 6 rings (SSSR count). The second-order valence-corrected chi connectivity index (χ2v) is 11.4. The Morgan fingerprint density at radius 3 is 2.78 bits per heavy atom. The highest BCUT2D eigenvalue weighted by Crippen LogP contribution is 2.39. The first-order valence-electron chi connectivity index (χ1n) is 13.4. The number of rotatable bonds is 0. The highest BCUT2D eigenvalue weighted by Gasteiger charge is 2.51. The molecule has 0 aromatic heterocycles. The molecule has 32 heavy (non-hydrogen) atoms. The van der Waals surface area contributed by atoms with Crippen LogP contribution in [0.4, 0.5) is 4.39 Å². The van der Waals surface area contributed by atoms with Crippen LogP contribution in [-0.4, -0.2) is 104 Å². The van der Waals surface area contributed by atoms with Crippen molar-refractivity contribution in [3.63, 3.8) is 0 Å². The minimum Gasteiger partial charge on any atom is -0.375 e. The lowest BCUT2D eigenvalue weighted by atomic mass is 9.74. The Hall–Kier alpha value is -0.350. The SMILES string of the molecule is CC1NC2CC(F)CC3C4CCCC(N4)N[C@@H]4CN[C@@H](C4)CN4CCCOC(C4)CN1C23. The standard InChI is InChI=1S/C24H43FN6O/c1-15-27-22-9-16(25)8-20-21-4-2-5-23(29-21)28-17-10-18(26-11-17)12-30-6-3-7-32-19(13-30)14-31(15)24(20)22/h15-24,26-29H,2-14H2,1H3/t15?,16?,17-,18-,19?,20?,21?,22?,23?,24?/m0/s1. The Kier molecular flexibility index (Phi) is 6.48. The molecule has 8 heteroatoms. The molecule has 0 amide bonds. The van der Waals surface area contributed by atoms with E-state index in [1.807, 2.05) is 0 Å². The topological polar surface area (TPSA) is 63.8 Å². The summed E-state index contributed by atoms with van der Waals surface area (Å²) in [6, 6.07) is 2.13. The van der Waals surface area contributed by atoms with Crippen molar-refractivity contribution in [1.82, 2.24) is 31.1 Å². The van der Waals surface area contributed by atoms with E-state index in [0.29, 0.717) is 49.1 Å². The van der Waals surface area contributed by atoms with Crippen LogP contribution >= 0.6 is 0 Å². The Morgan fingerprint density at radius 2 is 1.84 bits per heavy atom. The largest absolute Gasteiger partial charge is 0.375 e. The van der Waals surface area contributed by atoms with E-state index in [9.17, 15) is 4.39 Å². The van der Waals surface area contributed by atoms with Crippen molar-refractivity contribution in [3.8, 4) is 0 Å². The average molecular weight is 451 g/mol. The molecule has 6 fully saturated rings. The summed E-state index contributed by atoms with van der Waals surface area (Å²) in [5.74, 6) is 0.354. The van der Waals surface area contributed by atoms with Gasteiger partial charge in [-0.15, -0.1) is 0 Å². The summed E-state index contributed by atoms with van der Waals surface area (Å²) < 4.78 is 21.3. The Bertz CT molecular complexity index is 656. The molecule has 6 aliphatic rings. The fraction of sp³-hybridized carbons (Fsp3) is 1.00. The smallest absolute Gasteiger partial charge is 0.102 e. The van der Waals surface area contributed by atoms with E-state index in [2.05, 4.69) is 38.0 Å². The molecular formula is C24H43FN6O. The second kappa shape index (κ2) is 9.36. The van der Waals surface area contributed by atoms with E-state index in [4.69, 9.17) is 4.74 Å². The van der Waals surface area contributed by atoms with E-state index in [0.717, 1.165) is 45.8 Å². The number of hydrogen-bond donors (Lipinski definition) is 4. The van der Waals surface area contributed by atoms with Crippen molar-refractivity contribution >= 4 is 0 Å². The summed E-state index contributed by atoms with van der Waals surface area (Å²) in [5.41, 5.74) is 0. The van der Waals surface area contributed by atoms with Crippen molar-refractivity contribution in [3.05, 3.63) is 0 Å². The van der Waals surface area contributed by atoms with Crippen molar-refractivity contribution in [1.29, 1.82) is 0 Å². The van der Waals surface area contributed by atoms with Gasteiger partial charge in [-0.05, 0) is 57.8 Å². The molecule has 5 saturated heterocycles. The number of alkyl halides is 1. The lowest BCUT2D eigenvalue weighted by molar-refractivity contribution is -0.00986. The first-order chi connectivity index (χ1) is 15.6. The predicted molar refractivity (Wildman–Crippen MR) is 123 cm³/mol. The molecule has 11 atom stereocenters. The third-order valence-corrected chi connectivity index (χ3v) is 9.15. The maximum absolute atomic E-state index is 14.9. The quantitative estimate of drug-likeness (QED) is 0.432. The predicted octanol–water partition coefficient (Wildman–Crippen LogP) is 0.616. The summed E-state index contributed by atoms with van der Waals surface area (Å²) in [6.07, 6.45) is 7.41. The Labute approximate surface area is 192 Å². The number of fused-ring (bicyclic) bond motifs is 7. The first-order valence-corrected chi connectivity index (χ1v) is 13.4. The molecule has 5 aliphatic heterocycles. The Balaban J connectivity index is 1.30. The third-order valence-electron chi connectivity index (χ3n) is 9.15. The van der Waals surface area contributed by atoms with Gasteiger partial charge in [-0.1, -0.05) is 0 Å². The number of hydrogen-bond acceptors (Lipinski definition) is 7. The van der Waals surface area contributed by atoms with Gasteiger partial charge in [-0.2, -0.15) is 0 Å². The molecule has 182 valence electrons. The molecular weight excluding hydrogens is 407 g/mol. The van der Waals surface area contributed by atoms with E-state index in [1.165, 1.54) is 25.7 Å². The van der Waals surface area contributed by atoms with Crippen LogP contribution in [0.3, 0.4) is 0 Å². The van der Waals surface area contributed by atoms with Crippen LogP contribution in [0.2, 0.25) is 0 Å². The molecule has 4 N–H and O–H groups in total. The zero-order chi connectivity index (χ0) is 21.7. The molecule has 5 heterocycles. The maximum atomic E-state index is 14.9. The van der Waals surface area contributed by atoms with Crippen LogP contribution in [0, 0.1) is 5.92 Å². The monoisotopic (exact) mass is 450 g/mol. The minimum absolute atomic E-state index is 0.233. The van der Waals surface area contributed by atoms with Crippen LogP contribution < -0.4 is 21.3 Å². The number of nitrogens with zero attached hydrogens (tertiary/aromatic N) is 2. The highest BCUT2D eigenvalue weighted by molar-refractivity contribution is 5.07. The van der Waals surface area contributed by atoms with Crippen LogP contribution in [0.1, 0.15) is 51.9 Å². The molecule has 0 spiro atoms. The van der Waals surface area contributed by atoms with Crippen molar-refractivity contribution in [2.75, 3.05) is 39.3 Å². The summed E-state index contributed by atoms with van der Waals surface area (Å²) in [5, 5.41) is 15.4. The molecule has 0 aromatic carbocycles. The van der Waals surface area contributed by atoms with E-state index < -0.39 is 6.17 Å². The molecule has 0 radical (unpaired) electrons. The zero-order valence-electron chi connectivity index (χ0n) is 19.6. The van der Waals surface area contributed by atoms with Crippen molar-refractivity contribution < 1.29 is 9.13 Å². The minimum atomic E-state index is -0.692. The van der Waals surface area contributed by atoms with Gasteiger partial charge in [-0.25, -0.2) is 4.39 Å². The summed E-state index contributed by atoms with van der Waals surface area (Å²) in [4.78, 5) is 5.29.